The van der Waals surface area contributed by atoms with Crippen LogP contribution in [-0.2, 0) is 11.2 Å². The molecule has 1 heterocycles. The molecule has 0 radical (unpaired) electrons. The highest BCUT2D eigenvalue weighted by Gasteiger charge is 2.10. The third-order valence-corrected chi connectivity index (χ3v) is 3.67. The zero-order valence-corrected chi connectivity index (χ0v) is 11.4. The fourth-order valence-corrected chi connectivity index (χ4v) is 2.47. The van der Waals surface area contributed by atoms with Crippen LogP contribution in [0.2, 0.25) is 0 Å². The molecule has 0 saturated carbocycles. The Hall–Kier alpha value is -0.450. The lowest BCUT2D eigenvalue weighted by atomic mass is 10.1. The van der Waals surface area contributed by atoms with Gasteiger partial charge in [-0.05, 0) is 46.9 Å². The zero-order chi connectivity index (χ0) is 12.1. The molecule has 4 heteroatoms. The largest absolute Gasteiger partial charge is 0.379 e. The molecule has 0 N–H and O–H groups in total. The standard InChI is InChI=1S/C13H17BrFNO/c14-12-5-1-3-11(13(12)15)4-2-6-16-7-9-17-10-8-16/h1,3,5H,2,4,6-10H2. The van der Waals surface area contributed by atoms with Crippen molar-refractivity contribution in [1.29, 1.82) is 0 Å². The molecule has 0 bridgehead atoms. The normalized spacial score (nSPS) is 17.3. The highest BCUT2D eigenvalue weighted by molar-refractivity contribution is 9.10. The number of ether oxygens (including phenoxy) is 1. The van der Waals surface area contributed by atoms with E-state index in [1.165, 1.54) is 0 Å². The van der Waals surface area contributed by atoms with Crippen molar-refractivity contribution < 1.29 is 9.13 Å². The molecule has 0 aromatic heterocycles. The van der Waals surface area contributed by atoms with E-state index in [0.29, 0.717) is 4.47 Å². The topological polar surface area (TPSA) is 12.5 Å². The number of nitrogens with zero attached hydrogens (tertiary/aromatic N) is 1. The Bertz CT molecular complexity index is 366. The van der Waals surface area contributed by atoms with Gasteiger partial charge in [0.05, 0.1) is 17.7 Å². The lowest BCUT2D eigenvalue weighted by Gasteiger charge is -2.26. The maximum Gasteiger partial charge on any atom is 0.140 e. The average molecular weight is 302 g/mol. The van der Waals surface area contributed by atoms with Crippen LogP contribution < -0.4 is 0 Å². The first-order chi connectivity index (χ1) is 8.27. The van der Waals surface area contributed by atoms with E-state index in [1.807, 2.05) is 12.1 Å². The molecule has 1 aromatic carbocycles. The lowest BCUT2D eigenvalue weighted by molar-refractivity contribution is 0.0374. The van der Waals surface area contributed by atoms with Crippen molar-refractivity contribution in [3.63, 3.8) is 0 Å². The monoisotopic (exact) mass is 301 g/mol. The molecule has 1 aromatic rings. The molecule has 0 aliphatic carbocycles. The van der Waals surface area contributed by atoms with Gasteiger partial charge in [-0.25, -0.2) is 4.39 Å². The van der Waals surface area contributed by atoms with Crippen LogP contribution in [0.1, 0.15) is 12.0 Å². The number of benzene rings is 1. The summed E-state index contributed by atoms with van der Waals surface area (Å²) in [4.78, 5) is 2.37. The van der Waals surface area contributed by atoms with E-state index >= 15 is 0 Å². The van der Waals surface area contributed by atoms with Gasteiger partial charge in [-0.1, -0.05) is 12.1 Å². The minimum atomic E-state index is -0.116. The van der Waals surface area contributed by atoms with E-state index in [4.69, 9.17) is 4.74 Å². The molecule has 0 spiro atoms. The molecule has 1 fully saturated rings. The Labute approximate surface area is 110 Å². The number of hydrogen-bond donors (Lipinski definition) is 0. The van der Waals surface area contributed by atoms with Crippen LogP contribution in [0, 0.1) is 5.82 Å². The maximum absolute atomic E-state index is 13.7. The van der Waals surface area contributed by atoms with E-state index in [2.05, 4.69) is 20.8 Å². The predicted octanol–water partition coefficient (Wildman–Crippen LogP) is 2.85. The molecule has 1 saturated heterocycles. The Morgan fingerprint density at radius 1 is 1.29 bits per heavy atom. The van der Waals surface area contributed by atoms with Gasteiger partial charge < -0.3 is 4.74 Å². The number of aryl methyl sites for hydroxylation is 1. The van der Waals surface area contributed by atoms with Gasteiger partial charge in [0.2, 0.25) is 0 Å². The Morgan fingerprint density at radius 3 is 2.82 bits per heavy atom. The lowest BCUT2D eigenvalue weighted by Crippen LogP contribution is -2.36. The summed E-state index contributed by atoms with van der Waals surface area (Å²) >= 11 is 3.21. The Morgan fingerprint density at radius 2 is 2.06 bits per heavy atom. The summed E-state index contributed by atoms with van der Waals surface area (Å²) in [5.74, 6) is -0.116. The van der Waals surface area contributed by atoms with Crippen LogP contribution in [0.4, 0.5) is 4.39 Å². The molecule has 0 atom stereocenters. The van der Waals surface area contributed by atoms with Crippen molar-refractivity contribution in [3.05, 3.63) is 34.1 Å². The summed E-state index contributed by atoms with van der Waals surface area (Å²) in [6, 6.07) is 5.48. The first kappa shape index (κ1) is 13.0. The van der Waals surface area contributed by atoms with E-state index in [-0.39, 0.29) is 5.82 Å². The van der Waals surface area contributed by atoms with E-state index in [1.54, 1.807) is 6.07 Å². The van der Waals surface area contributed by atoms with Crippen LogP contribution >= 0.6 is 15.9 Å². The van der Waals surface area contributed by atoms with Gasteiger partial charge in [0, 0.05) is 13.1 Å². The SMILES string of the molecule is Fc1c(Br)cccc1CCCN1CCOCC1. The van der Waals surface area contributed by atoms with E-state index in [0.717, 1.165) is 51.3 Å². The van der Waals surface area contributed by atoms with Crippen molar-refractivity contribution in [3.8, 4) is 0 Å². The minimum Gasteiger partial charge on any atom is -0.379 e. The highest BCUT2D eigenvalue weighted by atomic mass is 79.9. The van der Waals surface area contributed by atoms with Crippen LogP contribution in [0.5, 0.6) is 0 Å². The van der Waals surface area contributed by atoms with Gasteiger partial charge in [0.25, 0.3) is 0 Å². The predicted molar refractivity (Wildman–Crippen MR) is 69.7 cm³/mol. The molecular weight excluding hydrogens is 285 g/mol. The van der Waals surface area contributed by atoms with Gasteiger partial charge in [-0.15, -0.1) is 0 Å². The fraction of sp³-hybridized carbons (Fsp3) is 0.538. The summed E-state index contributed by atoms with van der Waals surface area (Å²) in [6.45, 7) is 4.67. The third kappa shape index (κ3) is 3.76. The second kappa shape index (κ2) is 6.47. The third-order valence-electron chi connectivity index (χ3n) is 3.06. The Kier molecular flexibility index (Phi) is 4.95. The fourth-order valence-electron chi connectivity index (χ4n) is 2.06. The van der Waals surface area contributed by atoms with Crippen LogP contribution in [-0.4, -0.2) is 37.7 Å². The molecular formula is C13H17BrFNO. The summed E-state index contributed by atoms with van der Waals surface area (Å²) in [5, 5.41) is 0. The van der Waals surface area contributed by atoms with Gasteiger partial charge >= 0.3 is 0 Å². The minimum absolute atomic E-state index is 0.116. The molecule has 94 valence electrons. The number of rotatable bonds is 4. The van der Waals surface area contributed by atoms with Crippen molar-refractivity contribution >= 4 is 15.9 Å². The van der Waals surface area contributed by atoms with Crippen molar-refractivity contribution in [2.45, 2.75) is 12.8 Å². The van der Waals surface area contributed by atoms with Crippen LogP contribution in [0.15, 0.2) is 22.7 Å². The maximum atomic E-state index is 13.7. The zero-order valence-electron chi connectivity index (χ0n) is 9.79. The first-order valence-electron chi connectivity index (χ1n) is 6.00. The number of halogens is 2. The number of morpholine rings is 1. The van der Waals surface area contributed by atoms with Crippen LogP contribution in [0.3, 0.4) is 0 Å². The van der Waals surface area contributed by atoms with Gasteiger partial charge in [-0.2, -0.15) is 0 Å². The quantitative estimate of drug-likeness (QED) is 0.848. The van der Waals surface area contributed by atoms with Crippen molar-refractivity contribution in [1.82, 2.24) is 4.90 Å². The summed E-state index contributed by atoms with van der Waals surface area (Å²) in [6.07, 6.45) is 1.79. The summed E-state index contributed by atoms with van der Waals surface area (Å²) < 4.78 is 19.5. The Balaban J connectivity index is 1.79. The summed E-state index contributed by atoms with van der Waals surface area (Å²) in [5.41, 5.74) is 0.799. The molecule has 2 nitrogen and oxygen atoms in total. The van der Waals surface area contributed by atoms with Crippen LogP contribution in [0.25, 0.3) is 0 Å². The van der Waals surface area contributed by atoms with Crippen molar-refractivity contribution in [2.24, 2.45) is 0 Å². The smallest absolute Gasteiger partial charge is 0.140 e. The molecule has 1 aliphatic heterocycles. The molecule has 0 amide bonds. The van der Waals surface area contributed by atoms with Gasteiger partial charge in [0.15, 0.2) is 0 Å². The van der Waals surface area contributed by atoms with Crippen molar-refractivity contribution in [2.75, 3.05) is 32.8 Å². The summed E-state index contributed by atoms with van der Waals surface area (Å²) in [7, 11) is 0. The molecule has 17 heavy (non-hydrogen) atoms. The second-order valence-corrected chi connectivity index (χ2v) is 5.12. The second-order valence-electron chi connectivity index (χ2n) is 4.27. The number of hydrogen-bond acceptors (Lipinski definition) is 2. The molecule has 1 aliphatic rings. The average Bonchev–Trinajstić information content (AvgIpc) is 2.36. The molecule has 0 unspecified atom stereocenters. The van der Waals surface area contributed by atoms with E-state index in [9.17, 15) is 4.39 Å². The van der Waals surface area contributed by atoms with Gasteiger partial charge in [0.1, 0.15) is 5.82 Å². The highest BCUT2D eigenvalue weighted by Crippen LogP contribution is 2.19. The first-order valence-corrected chi connectivity index (χ1v) is 6.79. The van der Waals surface area contributed by atoms with Gasteiger partial charge in [-0.3, -0.25) is 4.90 Å². The molecule has 2 rings (SSSR count). The van der Waals surface area contributed by atoms with E-state index < -0.39 is 0 Å².